The van der Waals surface area contributed by atoms with Gasteiger partial charge < -0.3 is 9.47 Å². The fraction of sp³-hybridized carbons (Fsp3) is 0.786. The van der Waals surface area contributed by atoms with Gasteiger partial charge in [-0.1, -0.05) is 13.3 Å². The smallest absolute Gasteiger partial charge is 0.312 e. The lowest BCUT2D eigenvalue weighted by Crippen LogP contribution is -2.15. The Morgan fingerprint density at radius 2 is 2.14 bits per heavy atom. The van der Waals surface area contributed by atoms with Crippen LogP contribution in [-0.4, -0.2) is 33.2 Å². The molecule has 0 aliphatic rings. The number of carbonyl (C=O) groups is 1. The molecule has 0 bridgehead atoms. The van der Waals surface area contributed by atoms with Crippen LogP contribution in [0.15, 0.2) is 0 Å². The van der Waals surface area contributed by atoms with Crippen LogP contribution in [0.2, 0.25) is 0 Å². The molecule has 5 nitrogen and oxygen atoms in total. The van der Waals surface area contributed by atoms with Gasteiger partial charge >= 0.3 is 5.97 Å². The van der Waals surface area contributed by atoms with E-state index < -0.39 is 0 Å². The monoisotopic (exact) mass is 332 g/mol. The van der Waals surface area contributed by atoms with Gasteiger partial charge in [0.15, 0.2) is 0 Å². The van der Waals surface area contributed by atoms with Gasteiger partial charge in [-0.05, 0) is 38.4 Å². The average molecular weight is 332 g/mol. The first-order chi connectivity index (χ1) is 10.2. The summed E-state index contributed by atoms with van der Waals surface area (Å²) < 4.78 is 18.8. The zero-order valence-electron chi connectivity index (χ0n) is 12.7. The third kappa shape index (κ3) is 7.78. The maximum atomic E-state index is 11.6. The van der Waals surface area contributed by atoms with Gasteiger partial charge in [-0.15, -0.1) is 4.37 Å². The third-order valence-corrected chi connectivity index (χ3v) is 4.01. The van der Waals surface area contributed by atoms with Crippen molar-refractivity contribution in [3.63, 3.8) is 0 Å². The minimum atomic E-state index is -0.280. The molecule has 0 fully saturated rings. The fourth-order valence-corrected chi connectivity index (χ4v) is 2.54. The van der Waals surface area contributed by atoms with Crippen LogP contribution in [0.1, 0.15) is 51.1 Å². The lowest BCUT2D eigenvalue weighted by Gasteiger charge is -2.15. The van der Waals surface area contributed by atoms with E-state index in [1.807, 2.05) is 0 Å². The second-order valence-corrected chi connectivity index (χ2v) is 5.83. The van der Waals surface area contributed by atoms with Crippen molar-refractivity contribution in [1.29, 1.82) is 0 Å². The molecule has 120 valence electrons. The van der Waals surface area contributed by atoms with Crippen molar-refractivity contribution in [1.82, 2.24) is 8.75 Å². The zero-order valence-corrected chi connectivity index (χ0v) is 14.4. The second kappa shape index (κ2) is 11.0. The van der Waals surface area contributed by atoms with E-state index in [0.717, 1.165) is 43.2 Å². The molecule has 1 heterocycles. The van der Waals surface area contributed by atoms with E-state index in [2.05, 4.69) is 28.3 Å². The SMILES string of the molecule is CCC(CCCCS)OCCCC(=O)Oc1nsnc1C. The molecule has 0 saturated heterocycles. The molecule has 0 saturated carbocycles. The Kier molecular flexibility index (Phi) is 9.62. The maximum absolute atomic E-state index is 11.6. The van der Waals surface area contributed by atoms with E-state index in [1.165, 1.54) is 0 Å². The summed E-state index contributed by atoms with van der Waals surface area (Å²) in [6, 6.07) is 0. The van der Waals surface area contributed by atoms with E-state index in [-0.39, 0.29) is 12.1 Å². The van der Waals surface area contributed by atoms with Crippen molar-refractivity contribution in [2.24, 2.45) is 0 Å². The summed E-state index contributed by atoms with van der Waals surface area (Å²) in [5.74, 6) is 0.967. The lowest BCUT2D eigenvalue weighted by molar-refractivity contribution is -0.135. The quantitative estimate of drug-likeness (QED) is 0.382. The summed E-state index contributed by atoms with van der Waals surface area (Å²) in [6.07, 6.45) is 5.61. The highest BCUT2D eigenvalue weighted by Gasteiger charge is 2.11. The average Bonchev–Trinajstić information content (AvgIpc) is 2.87. The Labute approximate surface area is 136 Å². The number of carbonyl (C=O) groups excluding carboxylic acids is 1. The number of aromatic nitrogens is 2. The number of hydrogen-bond donors (Lipinski definition) is 1. The molecule has 0 amide bonds. The number of unbranched alkanes of at least 4 members (excludes halogenated alkanes) is 1. The van der Waals surface area contributed by atoms with Gasteiger partial charge in [-0.2, -0.15) is 17.0 Å². The van der Waals surface area contributed by atoms with E-state index in [9.17, 15) is 4.79 Å². The topological polar surface area (TPSA) is 61.3 Å². The number of thiol groups is 1. The van der Waals surface area contributed by atoms with Crippen LogP contribution in [0.5, 0.6) is 5.88 Å². The highest BCUT2D eigenvalue weighted by atomic mass is 32.1. The third-order valence-electron chi connectivity index (χ3n) is 3.09. The van der Waals surface area contributed by atoms with Crippen molar-refractivity contribution < 1.29 is 14.3 Å². The van der Waals surface area contributed by atoms with Crippen LogP contribution >= 0.6 is 24.4 Å². The molecule has 0 spiro atoms. The number of aryl methyl sites for hydroxylation is 1. The van der Waals surface area contributed by atoms with Crippen LogP contribution in [0, 0.1) is 6.92 Å². The highest BCUT2D eigenvalue weighted by Crippen LogP contribution is 2.14. The lowest BCUT2D eigenvalue weighted by atomic mass is 10.1. The molecule has 0 radical (unpaired) electrons. The molecule has 0 aliphatic carbocycles. The summed E-state index contributed by atoms with van der Waals surface area (Å²) in [5.41, 5.74) is 0.653. The normalized spacial score (nSPS) is 12.3. The Morgan fingerprint density at radius 1 is 1.33 bits per heavy atom. The van der Waals surface area contributed by atoms with Crippen molar-refractivity contribution in [2.75, 3.05) is 12.4 Å². The Balaban J connectivity index is 2.12. The molecule has 7 heteroatoms. The number of esters is 1. The van der Waals surface area contributed by atoms with E-state index in [0.29, 0.717) is 31.0 Å². The highest BCUT2D eigenvalue weighted by molar-refractivity contribution is 7.80. The van der Waals surface area contributed by atoms with Crippen LogP contribution in [0.4, 0.5) is 0 Å². The van der Waals surface area contributed by atoms with Gasteiger partial charge in [0.05, 0.1) is 17.8 Å². The Bertz CT molecular complexity index is 413. The van der Waals surface area contributed by atoms with Crippen molar-refractivity contribution in [3.8, 4) is 5.88 Å². The molecule has 1 aromatic rings. The first-order valence-electron chi connectivity index (χ1n) is 7.39. The zero-order chi connectivity index (χ0) is 15.5. The number of ether oxygens (including phenoxy) is 2. The van der Waals surface area contributed by atoms with Crippen molar-refractivity contribution in [2.45, 2.75) is 58.5 Å². The largest absolute Gasteiger partial charge is 0.404 e. The number of hydrogen-bond acceptors (Lipinski definition) is 7. The van der Waals surface area contributed by atoms with Crippen LogP contribution in [-0.2, 0) is 9.53 Å². The van der Waals surface area contributed by atoms with Gasteiger partial charge in [0.25, 0.3) is 5.88 Å². The summed E-state index contributed by atoms with van der Waals surface area (Å²) in [6.45, 7) is 4.48. The van der Waals surface area contributed by atoms with E-state index in [1.54, 1.807) is 6.92 Å². The number of rotatable bonds is 11. The molecule has 0 N–H and O–H groups in total. The standard InChI is InChI=1S/C14H24N2O3S2/c1-3-12(7-4-5-10-20)18-9-6-8-13(17)19-14-11(2)15-21-16-14/h12,20H,3-10H2,1-2H3. The van der Waals surface area contributed by atoms with Gasteiger partial charge in [-0.25, -0.2) is 0 Å². The first kappa shape index (κ1) is 18.4. The number of nitrogens with zero attached hydrogens (tertiary/aromatic N) is 2. The van der Waals surface area contributed by atoms with Crippen molar-refractivity contribution >= 4 is 30.3 Å². The summed E-state index contributed by atoms with van der Waals surface area (Å²) in [4.78, 5) is 11.6. The molecule has 1 rings (SSSR count). The minimum Gasteiger partial charge on any atom is -0.404 e. The van der Waals surface area contributed by atoms with Gasteiger partial charge in [0, 0.05) is 13.0 Å². The van der Waals surface area contributed by atoms with Gasteiger partial charge in [0.1, 0.15) is 5.69 Å². The van der Waals surface area contributed by atoms with Crippen LogP contribution < -0.4 is 4.74 Å². The van der Waals surface area contributed by atoms with Crippen LogP contribution in [0.3, 0.4) is 0 Å². The Morgan fingerprint density at radius 3 is 2.76 bits per heavy atom. The second-order valence-electron chi connectivity index (χ2n) is 4.85. The predicted octanol–water partition coefficient (Wildman–Crippen LogP) is 3.43. The van der Waals surface area contributed by atoms with Crippen LogP contribution in [0.25, 0.3) is 0 Å². The summed E-state index contributed by atoms with van der Waals surface area (Å²) in [5, 5.41) is 0. The molecule has 1 unspecified atom stereocenters. The minimum absolute atomic E-state index is 0.280. The van der Waals surface area contributed by atoms with Gasteiger partial charge in [-0.3, -0.25) is 4.79 Å². The Hall–Kier alpha value is -0.660. The summed E-state index contributed by atoms with van der Waals surface area (Å²) >= 11 is 5.25. The molecule has 0 aromatic carbocycles. The molecule has 1 atom stereocenters. The molecule has 1 aromatic heterocycles. The molecular weight excluding hydrogens is 308 g/mol. The predicted molar refractivity (Wildman–Crippen MR) is 87.3 cm³/mol. The van der Waals surface area contributed by atoms with Gasteiger partial charge in [0.2, 0.25) is 0 Å². The van der Waals surface area contributed by atoms with E-state index >= 15 is 0 Å². The fourth-order valence-electron chi connectivity index (χ4n) is 1.83. The van der Waals surface area contributed by atoms with E-state index in [4.69, 9.17) is 9.47 Å². The maximum Gasteiger partial charge on any atom is 0.312 e. The molecule has 0 aliphatic heterocycles. The molecular formula is C14H24N2O3S2. The van der Waals surface area contributed by atoms with Crippen molar-refractivity contribution in [3.05, 3.63) is 5.69 Å². The summed E-state index contributed by atoms with van der Waals surface area (Å²) in [7, 11) is 0. The molecule has 21 heavy (non-hydrogen) atoms. The first-order valence-corrected chi connectivity index (χ1v) is 8.76.